The third-order valence-electron chi connectivity index (χ3n) is 8.33. The number of nitrogens with one attached hydrogen (secondary N) is 1. The van der Waals surface area contributed by atoms with Crippen LogP contribution in [0.15, 0.2) is 102 Å². The van der Waals surface area contributed by atoms with Gasteiger partial charge in [-0.1, -0.05) is 90.1 Å². The van der Waals surface area contributed by atoms with E-state index in [0.717, 1.165) is 35.6 Å². The van der Waals surface area contributed by atoms with Crippen LogP contribution in [-0.2, 0) is 32.6 Å². The summed E-state index contributed by atoms with van der Waals surface area (Å²) in [5.41, 5.74) is 1.65. The highest BCUT2D eigenvalue weighted by atomic mass is 35.5. The Morgan fingerprint density at radius 3 is 2.21 bits per heavy atom. The van der Waals surface area contributed by atoms with E-state index in [2.05, 4.69) is 5.32 Å². The number of nitrogens with zero attached hydrogens (tertiary/aromatic N) is 2. The second-order valence-electron chi connectivity index (χ2n) is 11.6. The first-order chi connectivity index (χ1) is 23.0. The topological polar surface area (TPSA) is 96.0 Å². The monoisotopic (exact) mass is 727 g/mol. The van der Waals surface area contributed by atoms with Crippen LogP contribution in [-0.4, -0.2) is 50.9 Å². The number of benzene rings is 4. The van der Waals surface area contributed by atoms with Crippen molar-refractivity contribution in [3.05, 3.63) is 123 Å². The molecule has 252 valence electrons. The fraction of sp³-hybridized carbons (Fsp3) is 0.278. The average molecular weight is 729 g/mol. The van der Waals surface area contributed by atoms with Gasteiger partial charge in [0.05, 0.1) is 27.7 Å². The molecule has 12 heteroatoms. The van der Waals surface area contributed by atoms with Crippen LogP contribution in [0.2, 0.25) is 15.1 Å². The Kier molecular flexibility index (Phi) is 11.9. The quantitative estimate of drug-likeness (QED) is 0.154. The fourth-order valence-electron chi connectivity index (χ4n) is 5.79. The van der Waals surface area contributed by atoms with Gasteiger partial charge in [-0.15, -0.1) is 0 Å². The summed E-state index contributed by atoms with van der Waals surface area (Å²) in [5.74, 6) is -0.434. The molecule has 0 bridgehead atoms. The molecule has 4 aromatic rings. The number of carbonyl (C=O) groups is 2. The number of rotatable bonds is 13. The van der Waals surface area contributed by atoms with Crippen molar-refractivity contribution in [2.75, 3.05) is 18.0 Å². The van der Waals surface area contributed by atoms with Crippen LogP contribution in [0, 0.1) is 0 Å². The second-order valence-corrected chi connectivity index (χ2v) is 14.7. The van der Waals surface area contributed by atoms with Crippen molar-refractivity contribution in [2.45, 2.75) is 55.6 Å². The molecule has 0 radical (unpaired) electrons. The number of halogens is 3. The Hall–Kier alpha value is -3.76. The molecule has 5 rings (SSSR count). The zero-order valence-corrected chi connectivity index (χ0v) is 29.4. The Bertz CT molecular complexity index is 1840. The number of ether oxygens (including phenoxy) is 1. The summed E-state index contributed by atoms with van der Waals surface area (Å²) in [6.45, 7) is -0.644. The molecular weight excluding hydrogens is 693 g/mol. The van der Waals surface area contributed by atoms with Gasteiger partial charge in [0.1, 0.15) is 18.3 Å². The van der Waals surface area contributed by atoms with Crippen LogP contribution in [0.3, 0.4) is 0 Å². The molecule has 1 N–H and O–H groups in total. The first-order valence-corrected chi connectivity index (χ1v) is 18.1. The maximum Gasteiger partial charge on any atom is 0.264 e. The largest absolute Gasteiger partial charge is 0.497 e. The van der Waals surface area contributed by atoms with Gasteiger partial charge in [-0.2, -0.15) is 0 Å². The van der Waals surface area contributed by atoms with Gasteiger partial charge in [-0.05, 0) is 78.6 Å². The Balaban J connectivity index is 1.58. The number of amides is 2. The van der Waals surface area contributed by atoms with Crippen LogP contribution in [0.25, 0.3) is 0 Å². The van der Waals surface area contributed by atoms with Crippen molar-refractivity contribution in [3.8, 4) is 5.75 Å². The lowest BCUT2D eigenvalue weighted by molar-refractivity contribution is -0.140. The summed E-state index contributed by atoms with van der Waals surface area (Å²) in [4.78, 5) is 30.2. The summed E-state index contributed by atoms with van der Waals surface area (Å²) >= 11 is 18.9. The van der Waals surface area contributed by atoms with E-state index in [-0.39, 0.29) is 35.5 Å². The van der Waals surface area contributed by atoms with Crippen LogP contribution in [0.4, 0.5) is 5.69 Å². The van der Waals surface area contributed by atoms with Gasteiger partial charge >= 0.3 is 0 Å². The maximum absolute atomic E-state index is 14.6. The average Bonchev–Trinajstić information content (AvgIpc) is 3.60. The van der Waals surface area contributed by atoms with Gasteiger partial charge in [0, 0.05) is 24.0 Å². The molecule has 0 unspecified atom stereocenters. The van der Waals surface area contributed by atoms with E-state index in [0.29, 0.717) is 26.4 Å². The number of sulfonamides is 1. The highest BCUT2D eigenvalue weighted by molar-refractivity contribution is 7.92. The summed E-state index contributed by atoms with van der Waals surface area (Å²) < 4.78 is 34.7. The molecular formula is C36H36Cl3N3O5S. The zero-order chi connectivity index (χ0) is 34.3. The SMILES string of the molecule is COc1ccc(S(=O)(=O)N(CC(=O)N(Cc2ccc(Cl)c(Cl)c2)[C@H](Cc2ccccc2)C(=O)NC2CCCC2)c2cccc(Cl)c2)cc1. The highest BCUT2D eigenvalue weighted by Gasteiger charge is 2.35. The number of methoxy groups -OCH3 is 1. The summed E-state index contributed by atoms with van der Waals surface area (Å²) in [6, 6.07) is 25.6. The molecule has 1 atom stereocenters. The molecule has 0 heterocycles. The molecule has 48 heavy (non-hydrogen) atoms. The lowest BCUT2D eigenvalue weighted by Crippen LogP contribution is -2.54. The van der Waals surface area contributed by atoms with Crippen molar-refractivity contribution in [1.29, 1.82) is 0 Å². The van der Waals surface area contributed by atoms with E-state index in [1.165, 1.54) is 42.3 Å². The van der Waals surface area contributed by atoms with E-state index in [1.54, 1.807) is 36.4 Å². The maximum atomic E-state index is 14.6. The van der Waals surface area contributed by atoms with Crippen LogP contribution >= 0.6 is 34.8 Å². The lowest BCUT2D eigenvalue weighted by Gasteiger charge is -2.34. The molecule has 0 saturated heterocycles. The summed E-state index contributed by atoms with van der Waals surface area (Å²) in [5, 5.41) is 4.09. The molecule has 0 aromatic heterocycles. The minimum absolute atomic E-state index is 0.00360. The van der Waals surface area contributed by atoms with E-state index in [4.69, 9.17) is 39.5 Å². The minimum atomic E-state index is -4.30. The van der Waals surface area contributed by atoms with Crippen LogP contribution in [0.1, 0.15) is 36.8 Å². The second kappa shape index (κ2) is 16.1. The van der Waals surface area contributed by atoms with E-state index >= 15 is 0 Å². The molecule has 1 saturated carbocycles. The van der Waals surface area contributed by atoms with Crippen molar-refractivity contribution in [1.82, 2.24) is 10.2 Å². The molecule has 0 aliphatic heterocycles. The third-order valence-corrected chi connectivity index (χ3v) is 11.1. The van der Waals surface area contributed by atoms with Crippen molar-refractivity contribution in [3.63, 3.8) is 0 Å². The van der Waals surface area contributed by atoms with Gasteiger partial charge < -0.3 is 15.0 Å². The molecule has 4 aromatic carbocycles. The summed E-state index contributed by atoms with van der Waals surface area (Å²) in [6.07, 6.45) is 3.94. The predicted octanol–water partition coefficient (Wildman–Crippen LogP) is 7.55. The highest BCUT2D eigenvalue weighted by Crippen LogP contribution is 2.29. The Morgan fingerprint density at radius 2 is 1.56 bits per heavy atom. The van der Waals surface area contributed by atoms with E-state index < -0.39 is 28.5 Å². The molecule has 8 nitrogen and oxygen atoms in total. The standard InChI is InChI=1S/C36H36Cl3N3O5S/c1-47-30-15-17-31(18-16-30)48(45,46)42(29-13-7-10-27(37)22-29)24-35(43)41(23-26-14-19-32(38)33(39)20-26)34(21-25-8-3-2-4-9-25)36(44)40-28-11-5-6-12-28/h2-4,7-10,13-20,22,28,34H,5-6,11-12,21,23-24H2,1H3,(H,40,44)/t34-/m1/s1. The predicted molar refractivity (Wildman–Crippen MR) is 190 cm³/mol. The minimum Gasteiger partial charge on any atom is -0.497 e. The smallest absolute Gasteiger partial charge is 0.264 e. The van der Waals surface area contributed by atoms with Crippen molar-refractivity contribution in [2.24, 2.45) is 0 Å². The van der Waals surface area contributed by atoms with Gasteiger partial charge in [-0.3, -0.25) is 13.9 Å². The normalized spacial score (nSPS) is 13.9. The van der Waals surface area contributed by atoms with Gasteiger partial charge in [0.2, 0.25) is 11.8 Å². The zero-order valence-electron chi connectivity index (χ0n) is 26.3. The fourth-order valence-corrected chi connectivity index (χ4v) is 7.70. The number of hydrogen-bond donors (Lipinski definition) is 1. The van der Waals surface area contributed by atoms with Gasteiger partial charge in [0.25, 0.3) is 10.0 Å². The van der Waals surface area contributed by atoms with Crippen molar-refractivity contribution < 1.29 is 22.7 Å². The number of hydrogen-bond acceptors (Lipinski definition) is 5. The van der Waals surface area contributed by atoms with Crippen LogP contribution in [0.5, 0.6) is 5.75 Å². The molecule has 1 aliphatic carbocycles. The van der Waals surface area contributed by atoms with Crippen molar-refractivity contribution >= 4 is 62.3 Å². The Labute approximate surface area is 296 Å². The Morgan fingerprint density at radius 1 is 0.854 bits per heavy atom. The molecule has 0 spiro atoms. The van der Waals surface area contributed by atoms with E-state index in [9.17, 15) is 18.0 Å². The van der Waals surface area contributed by atoms with Gasteiger partial charge in [-0.25, -0.2) is 8.42 Å². The number of anilines is 1. The van der Waals surface area contributed by atoms with E-state index in [1.807, 2.05) is 30.3 Å². The van der Waals surface area contributed by atoms with Gasteiger partial charge in [0.15, 0.2) is 0 Å². The molecule has 2 amide bonds. The molecule has 1 fully saturated rings. The number of carbonyl (C=O) groups excluding carboxylic acids is 2. The third kappa shape index (κ3) is 8.82. The van der Waals surface area contributed by atoms with Crippen LogP contribution < -0.4 is 14.4 Å². The molecule has 1 aliphatic rings. The first kappa shape index (κ1) is 35.5. The first-order valence-electron chi connectivity index (χ1n) is 15.5. The summed E-state index contributed by atoms with van der Waals surface area (Å²) in [7, 11) is -2.82. The lowest BCUT2D eigenvalue weighted by atomic mass is 10.0.